The molecule has 1 N–H and O–H groups in total. The van der Waals surface area contributed by atoms with Crippen LogP contribution in [0.3, 0.4) is 0 Å². The maximum atomic E-state index is 5.09. The van der Waals surface area contributed by atoms with Crippen LogP contribution in [0, 0.1) is 0 Å². The first-order valence-corrected chi connectivity index (χ1v) is 6.40. The second-order valence-corrected chi connectivity index (χ2v) is 4.09. The number of aromatic nitrogens is 3. The van der Waals surface area contributed by atoms with Gasteiger partial charge in [0.15, 0.2) is 0 Å². The molecule has 0 spiro atoms. The monoisotopic (exact) mass is 240 g/mol. The van der Waals surface area contributed by atoms with Crippen molar-refractivity contribution in [3.8, 4) is 0 Å². The zero-order valence-corrected chi connectivity index (χ0v) is 11.1. The van der Waals surface area contributed by atoms with Gasteiger partial charge in [-0.1, -0.05) is 6.92 Å². The molecule has 0 bridgehead atoms. The van der Waals surface area contributed by atoms with E-state index < -0.39 is 0 Å². The molecule has 17 heavy (non-hydrogen) atoms. The Morgan fingerprint density at radius 3 is 2.94 bits per heavy atom. The first kappa shape index (κ1) is 14.1. The maximum Gasteiger partial charge on any atom is 0.138 e. The molecule has 0 amide bonds. The van der Waals surface area contributed by atoms with Crippen molar-refractivity contribution in [3.63, 3.8) is 0 Å². The molecule has 1 rings (SSSR count). The molecule has 0 saturated heterocycles. The molecule has 1 aromatic rings. The smallest absolute Gasteiger partial charge is 0.138 e. The van der Waals surface area contributed by atoms with E-state index in [-0.39, 0.29) is 0 Å². The fourth-order valence-corrected chi connectivity index (χ4v) is 1.97. The van der Waals surface area contributed by atoms with Gasteiger partial charge in [0, 0.05) is 32.7 Å². The molecule has 0 fully saturated rings. The van der Waals surface area contributed by atoms with Crippen molar-refractivity contribution in [1.29, 1.82) is 0 Å². The van der Waals surface area contributed by atoms with Crippen molar-refractivity contribution >= 4 is 0 Å². The number of nitrogens with zero attached hydrogens (tertiary/aromatic N) is 3. The van der Waals surface area contributed by atoms with Crippen LogP contribution in [-0.4, -0.2) is 41.1 Å². The van der Waals surface area contributed by atoms with Crippen molar-refractivity contribution in [2.75, 3.05) is 20.3 Å². The van der Waals surface area contributed by atoms with Crippen molar-refractivity contribution in [2.24, 2.45) is 0 Å². The molecule has 1 unspecified atom stereocenters. The predicted octanol–water partition coefficient (Wildman–Crippen LogP) is 1.25. The van der Waals surface area contributed by atoms with Gasteiger partial charge in [-0.2, -0.15) is 5.10 Å². The predicted molar refractivity (Wildman–Crippen MR) is 68.0 cm³/mol. The van der Waals surface area contributed by atoms with Gasteiger partial charge in [0.05, 0.1) is 0 Å². The average molecular weight is 240 g/mol. The van der Waals surface area contributed by atoms with E-state index in [2.05, 4.69) is 29.2 Å². The van der Waals surface area contributed by atoms with Crippen molar-refractivity contribution in [3.05, 3.63) is 12.2 Å². The van der Waals surface area contributed by atoms with Crippen LogP contribution < -0.4 is 5.32 Å². The van der Waals surface area contributed by atoms with Crippen LogP contribution in [0.5, 0.6) is 0 Å². The number of rotatable bonds is 9. The largest absolute Gasteiger partial charge is 0.385 e. The lowest BCUT2D eigenvalue weighted by Gasteiger charge is -2.17. The highest BCUT2D eigenvalue weighted by atomic mass is 16.5. The molecular formula is C12H24N4O. The Bertz CT molecular complexity index is 300. The summed E-state index contributed by atoms with van der Waals surface area (Å²) in [7, 11) is 1.75. The van der Waals surface area contributed by atoms with Gasteiger partial charge >= 0.3 is 0 Å². The van der Waals surface area contributed by atoms with E-state index in [0.717, 1.165) is 44.8 Å². The van der Waals surface area contributed by atoms with Gasteiger partial charge in [0.25, 0.3) is 0 Å². The lowest BCUT2D eigenvalue weighted by Crippen LogP contribution is -2.32. The zero-order chi connectivity index (χ0) is 12.5. The molecule has 98 valence electrons. The summed E-state index contributed by atoms with van der Waals surface area (Å²) < 4.78 is 7.05. The Hall–Kier alpha value is -0.940. The van der Waals surface area contributed by atoms with Gasteiger partial charge in [-0.25, -0.2) is 4.98 Å². The molecule has 5 heteroatoms. The highest BCUT2D eigenvalue weighted by Crippen LogP contribution is 2.05. The summed E-state index contributed by atoms with van der Waals surface area (Å²) in [6.07, 6.45) is 4.76. The highest BCUT2D eigenvalue weighted by Gasteiger charge is 2.12. The molecule has 0 aliphatic carbocycles. The Kier molecular flexibility index (Phi) is 6.81. The van der Waals surface area contributed by atoms with Gasteiger partial charge in [-0.15, -0.1) is 0 Å². The third-order valence-corrected chi connectivity index (χ3v) is 2.82. The van der Waals surface area contributed by atoms with Crippen LogP contribution in [0.4, 0.5) is 0 Å². The fourth-order valence-electron chi connectivity index (χ4n) is 1.97. The van der Waals surface area contributed by atoms with Crippen molar-refractivity contribution < 1.29 is 4.74 Å². The van der Waals surface area contributed by atoms with E-state index in [9.17, 15) is 0 Å². The Morgan fingerprint density at radius 1 is 1.47 bits per heavy atom. The molecule has 0 aliphatic heterocycles. The maximum absolute atomic E-state index is 5.09. The molecular weight excluding hydrogens is 216 g/mol. The minimum Gasteiger partial charge on any atom is -0.385 e. The lowest BCUT2D eigenvalue weighted by atomic mass is 10.1. The number of likely N-dealkylation sites (N-methyl/N-ethyl adjacent to an activating group) is 1. The van der Waals surface area contributed by atoms with E-state index in [4.69, 9.17) is 4.74 Å². The molecule has 0 saturated carbocycles. The molecule has 0 aliphatic rings. The van der Waals surface area contributed by atoms with Crippen LogP contribution >= 0.6 is 0 Å². The molecule has 0 aromatic carbocycles. The Morgan fingerprint density at radius 2 is 2.29 bits per heavy atom. The molecule has 1 heterocycles. The second-order valence-electron chi connectivity index (χ2n) is 4.09. The number of hydrogen-bond acceptors (Lipinski definition) is 4. The second kappa shape index (κ2) is 8.20. The van der Waals surface area contributed by atoms with E-state index in [0.29, 0.717) is 6.04 Å². The van der Waals surface area contributed by atoms with Crippen LogP contribution in [0.15, 0.2) is 6.33 Å². The standard InChI is InChI=1S/C12H24N4O/c1-4-13-11(7-6-8-17-3)9-12-14-10-15-16(12)5-2/h10-11,13H,4-9H2,1-3H3. The summed E-state index contributed by atoms with van der Waals surface area (Å²) >= 11 is 0. The van der Waals surface area contributed by atoms with Gasteiger partial charge in [-0.05, 0) is 26.3 Å². The minimum absolute atomic E-state index is 0.463. The average Bonchev–Trinajstić information content (AvgIpc) is 2.77. The Labute approximate surface area is 104 Å². The SMILES string of the molecule is CCNC(CCCOC)Cc1ncnn1CC. The topological polar surface area (TPSA) is 52.0 Å². The normalized spacial score (nSPS) is 12.9. The zero-order valence-electron chi connectivity index (χ0n) is 11.1. The number of aryl methyl sites for hydroxylation is 1. The number of methoxy groups -OCH3 is 1. The first-order valence-electron chi connectivity index (χ1n) is 6.40. The molecule has 1 aromatic heterocycles. The van der Waals surface area contributed by atoms with E-state index in [1.54, 1.807) is 13.4 Å². The van der Waals surface area contributed by atoms with E-state index >= 15 is 0 Å². The molecule has 0 radical (unpaired) electrons. The summed E-state index contributed by atoms with van der Waals surface area (Å²) in [5.41, 5.74) is 0. The quantitative estimate of drug-likeness (QED) is 0.660. The van der Waals surface area contributed by atoms with Crippen LogP contribution in [-0.2, 0) is 17.7 Å². The summed E-state index contributed by atoms with van der Waals surface area (Å²) in [5, 5.41) is 7.69. The summed E-state index contributed by atoms with van der Waals surface area (Å²) in [5.74, 6) is 1.07. The Balaban J connectivity index is 2.47. The van der Waals surface area contributed by atoms with Gasteiger partial charge < -0.3 is 10.1 Å². The van der Waals surface area contributed by atoms with E-state index in [1.165, 1.54) is 0 Å². The summed E-state index contributed by atoms with van der Waals surface area (Å²) in [6.45, 7) is 6.91. The van der Waals surface area contributed by atoms with Crippen LogP contribution in [0.1, 0.15) is 32.5 Å². The van der Waals surface area contributed by atoms with Crippen molar-refractivity contribution in [2.45, 2.75) is 45.7 Å². The minimum atomic E-state index is 0.463. The number of nitrogens with one attached hydrogen (secondary N) is 1. The number of hydrogen-bond donors (Lipinski definition) is 1. The van der Waals surface area contributed by atoms with E-state index in [1.807, 2.05) is 4.68 Å². The molecule has 1 atom stereocenters. The third kappa shape index (κ3) is 4.83. The van der Waals surface area contributed by atoms with Gasteiger partial charge in [-0.3, -0.25) is 4.68 Å². The van der Waals surface area contributed by atoms with Gasteiger partial charge in [0.2, 0.25) is 0 Å². The third-order valence-electron chi connectivity index (χ3n) is 2.82. The highest BCUT2D eigenvalue weighted by molar-refractivity contribution is 4.89. The number of ether oxygens (including phenoxy) is 1. The first-order chi connectivity index (χ1) is 8.31. The van der Waals surface area contributed by atoms with Gasteiger partial charge in [0.1, 0.15) is 12.2 Å². The summed E-state index contributed by atoms with van der Waals surface area (Å²) in [6, 6.07) is 0.463. The van der Waals surface area contributed by atoms with Crippen LogP contribution in [0.25, 0.3) is 0 Å². The fraction of sp³-hybridized carbons (Fsp3) is 0.833. The summed E-state index contributed by atoms with van der Waals surface area (Å²) in [4.78, 5) is 4.32. The lowest BCUT2D eigenvalue weighted by molar-refractivity contribution is 0.188. The van der Waals surface area contributed by atoms with Crippen LogP contribution in [0.2, 0.25) is 0 Å². The van der Waals surface area contributed by atoms with Crippen molar-refractivity contribution in [1.82, 2.24) is 20.1 Å². The molecule has 5 nitrogen and oxygen atoms in total.